The van der Waals surface area contributed by atoms with Gasteiger partial charge in [0.25, 0.3) is 11.6 Å². The monoisotopic (exact) mass is 514 g/mol. The van der Waals surface area contributed by atoms with E-state index in [4.69, 9.17) is 0 Å². The van der Waals surface area contributed by atoms with Gasteiger partial charge in [0.1, 0.15) is 5.69 Å². The van der Waals surface area contributed by atoms with E-state index in [1.54, 1.807) is 0 Å². The lowest BCUT2D eigenvalue weighted by atomic mass is 9.85. The Morgan fingerprint density at radius 2 is 1.73 bits per heavy atom. The van der Waals surface area contributed by atoms with Crippen LogP contribution in [0.1, 0.15) is 22.3 Å². The highest BCUT2D eigenvalue weighted by Crippen LogP contribution is 2.52. The SMILES string of the molecule is O=C(Nc1cccc(C(F)(F)F)c1)c1ccc(NCCN2C(=O)[C@H]3[C@H](C2=O)[C@H]2C=C[C@H]3C2)c([N+](=O)[O-])c1. The third-order valence-corrected chi connectivity index (χ3v) is 7.12. The minimum atomic E-state index is -4.59. The average Bonchev–Trinajstić information content (AvgIpc) is 3.53. The lowest BCUT2D eigenvalue weighted by Gasteiger charge is -2.18. The third kappa shape index (κ3) is 4.43. The number of carbonyl (C=O) groups excluding carboxylic acids is 3. The van der Waals surface area contributed by atoms with Crippen molar-refractivity contribution >= 4 is 34.8 Å². The van der Waals surface area contributed by atoms with E-state index >= 15 is 0 Å². The second-order valence-electron chi connectivity index (χ2n) is 9.28. The average molecular weight is 514 g/mol. The summed E-state index contributed by atoms with van der Waals surface area (Å²) in [6, 6.07) is 7.62. The maximum Gasteiger partial charge on any atom is 0.416 e. The molecule has 2 aliphatic carbocycles. The third-order valence-electron chi connectivity index (χ3n) is 7.12. The summed E-state index contributed by atoms with van der Waals surface area (Å²) in [5.74, 6) is -1.75. The van der Waals surface area contributed by atoms with Gasteiger partial charge < -0.3 is 10.6 Å². The molecular weight excluding hydrogens is 493 g/mol. The maximum absolute atomic E-state index is 12.9. The number of nitro benzene ring substituents is 1. The number of anilines is 2. The van der Waals surface area contributed by atoms with Crippen LogP contribution in [0.5, 0.6) is 0 Å². The molecule has 0 unspecified atom stereocenters. The fourth-order valence-corrected chi connectivity index (χ4v) is 5.44. The Hall–Kier alpha value is -4.22. The van der Waals surface area contributed by atoms with Crippen molar-refractivity contribution in [1.29, 1.82) is 0 Å². The predicted molar refractivity (Wildman–Crippen MR) is 125 cm³/mol. The number of fused-ring (bicyclic) bond motifs is 5. The van der Waals surface area contributed by atoms with Crippen molar-refractivity contribution in [1.82, 2.24) is 4.90 Å². The number of nitro groups is 1. The summed E-state index contributed by atoms with van der Waals surface area (Å²) >= 11 is 0. The first kappa shape index (κ1) is 24.5. The zero-order valence-corrected chi connectivity index (χ0v) is 19.2. The van der Waals surface area contributed by atoms with Gasteiger partial charge in [-0.3, -0.25) is 29.4 Å². The highest BCUT2D eigenvalue weighted by Gasteiger charge is 2.58. The van der Waals surface area contributed by atoms with E-state index < -0.39 is 28.3 Å². The Morgan fingerprint density at radius 3 is 2.35 bits per heavy atom. The standard InChI is InChI=1S/C25H21F3N4O5/c26-25(27,28)16-2-1-3-17(12-16)30-22(33)15-6-7-18(19(11-15)32(36)37)29-8-9-31-23(34)20-13-4-5-14(10-13)21(20)24(31)35/h1-7,11-14,20-21,29H,8-10H2,(H,30,33)/t13-,14-,20+,21+/m0/s1. The summed E-state index contributed by atoms with van der Waals surface area (Å²) in [5, 5.41) is 16.8. The molecule has 2 aromatic carbocycles. The molecule has 0 aromatic heterocycles. The highest BCUT2D eigenvalue weighted by molar-refractivity contribution is 6.06. The van der Waals surface area contributed by atoms with Crippen LogP contribution >= 0.6 is 0 Å². The highest BCUT2D eigenvalue weighted by atomic mass is 19.4. The van der Waals surface area contributed by atoms with Gasteiger partial charge in [0.15, 0.2) is 0 Å². The Labute approximate surface area is 208 Å². The number of carbonyl (C=O) groups is 3. The fourth-order valence-electron chi connectivity index (χ4n) is 5.44. The molecule has 0 spiro atoms. The predicted octanol–water partition coefficient (Wildman–Crippen LogP) is 4.08. The van der Waals surface area contributed by atoms with Crippen LogP contribution in [0.4, 0.5) is 30.2 Å². The molecule has 1 heterocycles. The number of amides is 3. The molecule has 4 atom stereocenters. The Morgan fingerprint density at radius 1 is 1.05 bits per heavy atom. The number of halogens is 3. The fraction of sp³-hybridized carbons (Fsp3) is 0.320. The maximum atomic E-state index is 12.9. The van der Waals surface area contributed by atoms with Crippen LogP contribution in [0, 0.1) is 33.8 Å². The van der Waals surface area contributed by atoms with Crippen LogP contribution in [0.25, 0.3) is 0 Å². The number of hydrogen-bond donors (Lipinski definition) is 2. The first-order chi connectivity index (χ1) is 17.5. The number of nitrogens with one attached hydrogen (secondary N) is 2. The summed E-state index contributed by atoms with van der Waals surface area (Å²) in [7, 11) is 0. The minimum absolute atomic E-state index is 0.0407. The van der Waals surface area contributed by atoms with Crippen LogP contribution in [0.2, 0.25) is 0 Å². The van der Waals surface area contributed by atoms with Gasteiger partial charge in [-0.25, -0.2) is 0 Å². The molecule has 1 aliphatic heterocycles. The molecule has 12 heteroatoms. The molecule has 1 saturated carbocycles. The van der Waals surface area contributed by atoms with Crippen molar-refractivity contribution in [3.05, 3.63) is 75.9 Å². The molecule has 0 radical (unpaired) electrons. The normalized spacial score (nSPS) is 23.9. The van der Waals surface area contributed by atoms with Crippen molar-refractivity contribution in [3.63, 3.8) is 0 Å². The minimum Gasteiger partial charge on any atom is -0.378 e. The first-order valence-corrected chi connectivity index (χ1v) is 11.6. The van der Waals surface area contributed by atoms with Crippen molar-refractivity contribution in [2.75, 3.05) is 23.7 Å². The smallest absolute Gasteiger partial charge is 0.378 e. The van der Waals surface area contributed by atoms with Gasteiger partial charge in [0.05, 0.1) is 22.3 Å². The van der Waals surface area contributed by atoms with E-state index in [9.17, 15) is 37.7 Å². The second-order valence-corrected chi connectivity index (χ2v) is 9.28. The molecule has 1 saturated heterocycles. The van der Waals surface area contributed by atoms with Crippen LogP contribution < -0.4 is 10.6 Å². The van der Waals surface area contributed by atoms with Crippen LogP contribution in [0.3, 0.4) is 0 Å². The quantitative estimate of drug-likeness (QED) is 0.249. The number of likely N-dealkylation sites (tertiary alicyclic amines) is 1. The molecular formula is C25H21F3N4O5. The molecule has 5 rings (SSSR count). The number of allylic oxidation sites excluding steroid dienone is 2. The van der Waals surface area contributed by atoms with Crippen molar-refractivity contribution < 1.29 is 32.5 Å². The van der Waals surface area contributed by atoms with Gasteiger partial charge in [-0.15, -0.1) is 0 Å². The summed E-state index contributed by atoms with van der Waals surface area (Å²) in [6.07, 6.45) is 0.213. The molecule has 2 N–H and O–H groups in total. The zero-order chi connectivity index (χ0) is 26.5. The Bertz CT molecular complexity index is 1310. The summed E-state index contributed by atoms with van der Waals surface area (Å²) in [4.78, 5) is 50.2. The molecule has 9 nitrogen and oxygen atoms in total. The van der Waals surface area contributed by atoms with E-state index in [0.717, 1.165) is 30.7 Å². The van der Waals surface area contributed by atoms with Crippen LogP contribution in [-0.2, 0) is 15.8 Å². The summed E-state index contributed by atoms with van der Waals surface area (Å²) < 4.78 is 38.7. The number of benzene rings is 2. The summed E-state index contributed by atoms with van der Waals surface area (Å²) in [5.41, 5.74) is -1.55. The summed E-state index contributed by atoms with van der Waals surface area (Å²) in [6.45, 7) is 0.106. The zero-order valence-electron chi connectivity index (χ0n) is 19.2. The first-order valence-electron chi connectivity index (χ1n) is 11.6. The Balaban J connectivity index is 1.24. The molecule has 37 heavy (non-hydrogen) atoms. The largest absolute Gasteiger partial charge is 0.416 e. The van der Waals surface area contributed by atoms with Crippen molar-refractivity contribution in [2.24, 2.45) is 23.7 Å². The van der Waals surface area contributed by atoms with Gasteiger partial charge in [0.2, 0.25) is 11.8 Å². The second kappa shape index (κ2) is 9.02. The molecule has 2 bridgehead atoms. The van der Waals surface area contributed by atoms with E-state index in [1.165, 1.54) is 23.1 Å². The lowest BCUT2D eigenvalue weighted by Crippen LogP contribution is -2.36. The number of nitrogens with zero attached hydrogens (tertiary/aromatic N) is 2. The van der Waals surface area contributed by atoms with Crippen molar-refractivity contribution in [3.8, 4) is 0 Å². The van der Waals surface area contributed by atoms with Gasteiger partial charge in [-0.1, -0.05) is 18.2 Å². The van der Waals surface area contributed by atoms with Gasteiger partial charge in [-0.05, 0) is 48.6 Å². The molecule has 2 aromatic rings. The van der Waals surface area contributed by atoms with Crippen molar-refractivity contribution in [2.45, 2.75) is 12.6 Å². The number of hydrogen-bond acceptors (Lipinski definition) is 6. The van der Waals surface area contributed by atoms with E-state index in [0.29, 0.717) is 0 Å². The number of imide groups is 1. The lowest BCUT2D eigenvalue weighted by molar-refractivity contribution is -0.384. The van der Waals surface area contributed by atoms with Gasteiger partial charge in [0, 0.05) is 30.4 Å². The van der Waals surface area contributed by atoms with Gasteiger partial charge in [-0.2, -0.15) is 13.2 Å². The van der Waals surface area contributed by atoms with E-state index in [1.807, 2.05) is 12.2 Å². The molecule has 3 aliphatic rings. The van der Waals surface area contributed by atoms with Gasteiger partial charge >= 0.3 is 6.18 Å². The van der Waals surface area contributed by atoms with E-state index in [-0.39, 0.29) is 65.5 Å². The number of rotatable bonds is 7. The Kier molecular flexibility index (Phi) is 5.97. The van der Waals surface area contributed by atoms with Crippen LogP contribution in [0.15, 0.2) is 54.6 Å². The molecule has 192 valence electrons. The van der Waals surface area contributed by atoms with E-state index in [2.05, 4.69) is 10.6 Å². The molecule has 2 fully saturated rings. The molecule has 3 amide bonds. The number of alkyl halides is 3. The topological polar surface area (TPSA) is 122 Å². The van der Waals surface area contributed by atoms with Crippen LogP contribution in [-0.4, -0.2) is 40.6 Å².